The first-order valence-electron chi connectivity index (χ1n) is 5.34. The fourth-order valence-electron chi connectivity index (χ4n) is 1.95. The Morgan fingerprint density at radius 2 is 1.94 bits per heavy atom. The molecule has 0 aliphatic heterocycles. The van der Waals surface area contributed by atoms with Gasteiger partial charge in [-0.15, -0.1) is 11.3 Å². The molecule has 0 amide bonds. The highest BCUT2D eigenvalue weighted by Crippen LogP contribution is 2.39. The Kier molecular flexibility index (Phi) is 3.07. The Morgan fingerprint density at radius 1 is 1.24 bits per heavy atom. The Hall–Kier alpha value is -1.55. The highest BCUT2D eigenvalue weighted by Gasteiger charge is 2.16. The third kappa shape index (κ3) is 2.00. The molecule has 1 N–H and O–H groups in total. The van der Waals surface area contributed by atoms with Crippen molar-refractivity contribution in [2.75, 3.05) is 7.11 Å². The van der Waals surface area contributed by atoms with Crippen molar-refractivity contribution in [3.8, 4) is 22.2 Å². The maximum atomic E-state index is 9.35. The average molecular weight is 249 g/mol. The van der Waals surface area contributed by atoms with Crippen molar-refractivity contribution in [3.63, 3.8) is 0 Å². The molecule has 17 heavy (non-hydrogen) atoms. The van der Waals surface area contributed by atoms with Gasteiger partial charge in [0, 0.05) is 0 Å². The Morgan fingerprint density at radius 3 is 2.47 bits per heavy atom. The lowest BCUT2D eigenvalue weighted by Gasteiger charge is -2.14. The summed E-state index contributed by atoms with van der Waals surface area (Å²) in [7, 11) is 1.66. The minimum Gasteiger partial charge on any atom is -0.496 e. The fraction of sp³-hybridized carbons (Fsp3) is 0.308. The van der Waals surface area contributed by atoms with Gasteiger partial charge in [-0.3, -0.25) is 0 Å². The van der Waals surface area contributed by atoms with Gasteiger partial charge in [0.2, 0.25) is 5.88 Å². The van der Waals surface area contributed by atoms with Gasteiger partial charge >= 0.3 is 0 Å². The molecule has 3 nitrogen and oxygen atoms in total. The van der Waals surface area contributed by atoms with E-state index in [0.29, 0.717) is 0 Å². The van der Waals surface area contributed by atoms with Crippen LogP contribution in [-0.2, 0) is 0 Å². The number of aromatic nitrogens is 1. The molecule has 0 saturated heterocycles. The summed E-state index contributed by atoms with van der Waals surface area (Å²) in [6.07, 6.45) is 0. The number of aromatic hydroxyl groups is 1. The van der Waals surface area contributed by atoms with Crippen LogP contribution >= 0.6 is 11.3 Å². The van der Waals surface area contributed by atoms with Gasteiger partial charge in [-0.2, -0.15) is 0 Å². The van der Waals surface area contributed by atoms with Crippen molar-refractivity contribution in [1.82, 2.24) is 4.98 Å². The Labute approximate surface area is 105 Å². The van der Waals surface area contributed by atoms with Gasteiger partial charge in [0.25, 0.3) is 0 Å². The van der Waals surface area contributed by atoms with Crippen LogP contribution < -0.4 is 4.74 Å². The molecule has 0 radical (unpaired) electrons. The summed E-state index contributed by atoms with van der Waals surface area (Å²) < 4.78 is 5.49. The van der Waals surface area contributed by atoms with Gasteiger partial charge in [-0.1, -0.05) is 6.07 Å². The summed E-state index contributed by atoms with van der Waals surface area (Å²) in [5, 5.41) is 11.8. The molecule has 0 aliphatic rings. The molecule has 0 spiro atoms. The van der Waals surface area contributed by atoms with E-state index >= 15 is 0 Å². The summed E-state index contributed by atoms with van der Waals surface area (Å²) in [6.45, 7) is 6.13. The molecule has 0 bridgehead atoms. The number of hydrogen-bond acceptors (Lipinski definition) is 4. The van der Waals surface area contributed by atoms with Crippen LogP contribution in [0.5, 0.6) is 11.6 Å². The van der Waals surface area contributed by atoms with E-state index in [0.717, 1.165) is 27.4 Å². The fourth-order valence-corrected chi connectivity index (χ4v) is 2.74. The number of ether oxygens (including phenoxy) is 1. The minimum absolute atomic E-state index is 0.0599. The first-order valence-corrected chi connectivity index (χ1v) is 6.22. The van der Waals surface area contributed by atoms with Gasteiger partial charge in [0.1, 0.15) is 10.8 Å². The SMILES string of the molecule is COc1c(C)c(C)cc(C)c1-c1nc(O)cs1. The first kappa shape index (κ1) is 11.9. The number of nitrogens with zero attached hydrogens (tertiary/aromatic N) is 1. The van der Waals surface area contributed by atoms with E-state index < -0.39 is 0 Å². The number of methoxy groups -OCH3 is 1. The molecular weight excluding hydrogens is 234 g/mol. The van der Waals surface area contributed by atoms with Crippen LogP contribution in [0.1, 0.15) is 16.7 Å². The monoisotopic (exact) mass is 249 g/mol. The molecule has 0 aliphatic carbocycles. The van der Waals surface area contributed by atoms with Gasteiger partial charge < -0.3 is 9.84 Å². The molecule has 1 aromatic carbocycles. The third-order valence-electron chi connectivity index (χ3n) is 2.90. The average Bonchev–Trinajstić information content (AvgIpc) is 2.69. The zero-order chi connectivity index (χ0) is 12.6. The van der Waals surface area contributed by atoms with E-state index in [9.17, 15) is 5.11 Å². The topological polar surface area (TPSA) is 42.4 Å². The zero-order valence-electron chi connectivity index (χ0n) is 10.4. The summed E-state index contributed by atoms with van der Waals surface area (Å²) in [4.78, 5) is 4.12. The smallest absolute Gasteiger partial charge is 0.222 e. The van der Waals surface area contributed by atoms with Gasteiger partial charge in [0.05, 0.1) is 18.1 Å². The van der Waals surface area contributed by atoms with Crippen LogP contribution in [-0.4, -0.2) is 17.2 Å². The van der Waals surface area contributed by atoms with Crippen molar-refractivity contribution in [2.24, 2.45) is 0 Å². The lowest BCUT2D eigenvalue weighted by Crippen LogP contribution is -1.96. The van der Waals surface area contributed by atoms with E-state index in [2.05, 4.69) is 18.0 Å². The molecule has 4 heteroatoms. The standard InChI is InChI=1S/C13H15NO2S/c1-7-5-8(2)11(12(16-4)9(7)3)13-14-10(15)6-17-13/h5-6,15H,1-4H3. The maximum absolute atomic E-state index is 9.35. The minimum atomic E-state index is 0.0599. The molecule has 2 aromatic rings. The molecule has 90 valence electrons. The summed E-state index contributed by atoms with van der Waals surface area (Å²) >= 11 is 1.42. The quantitative estimate of drug-likeness (QED) is 0.886. The second-order valence-corrected chi connectivity index (χ2v) is 4.91. The van der Waals surface area contributed by atoms with Crippen molar-refractivity contribution < 1.29 is 9.84 Å². The van der Waals surface area contributed by atoms with Crippen LogP contribution in [0.2, 0.25) is 0 Å². The van der Waals surface area contributed by atoms with Gasteiger partial charge in [-0.25, -0.2) is 4.98 Å². The highest BCUT2D eigenvalue weighted by atomic mass is 32.1. The van der Waals surface area contributed by atoms with Crippen LogP contribution in [0.25, 0.3) is 10.6 Å². The third-order valence-corrected chi connectivity index (χ3v) is 3.74. The number of benzene rings is 1. The summed E-state index contributed by atoms with van der Waals surface area (Å²) in [5.41, 5.74) is 4.40. The van der Waals surface area contributed by atoms with Crippen LogP contribution in [0.3, 0.4) is 0 Å². The summed E-state index contributed by atoms with van der Waals surface area (Å²) in [5.74, 6) is 0.904. The first-order chi connectivity index (χ1) is 8.04. The largest absolute Gasteiger partial charge is 0.496 e. The maximum Gasteiger partial charge on any atom is 0.222 e. The van der Waals surface area contributed by atoms with Crippen LogP contribution in [0.15, 0.2) is 11.4 Å². The number of aryl methyl sites for hydroxylation is 2. The molecule has 2 rings (SSSR count). The number of rotatable bonds is 2. The number of thiazole rings is 1. The lowest BCUT2D eigenvalue weighted by atomic mass is 9.99. The van der Waals surface area contributed by atoms with E-state index in [1.54, 1.807) is 12.5 Å². The van der Waals surface area contributed by atoms with Gasteiger partial charge in [-0.05, 0) is 37.5 Å². The molecule has 1 heterocycles. The molecule has 0 unspecified atom stereocenters. The molecule has 1 aromatic heterocycles. The van der Waals surface area contributed by atoms with Crippen molar-refractivity contribution in [3.05, 3.63) is 28.1 Å². The molecular formula is C13H15NO2S. The normalized spacial score (nSPS) is 10.6. The Balaban J connectivity index is 2.72. The van der Waals surface area contributed by atoms with Crippen molar-refractivity contribution in [2.45, 2.75) is 20.8 Å². The lowest BCUT2D eigenvalue weighted by molar-refractivity contribution is 0.412. The molecule has 0 atom stereocenters. The van der Waals surface area contributed by atoms with E-state index in [1.807, 2.05) is 13.8 Å². The second kappa shape index (κ2) is 4.37. The molecule has 0 saturated carbocycles. The van der Waals surface area contributed by atoms with Crippen molar-refractivity contribution in [1.29, 1.82) is 0 Å². The number of hydrogen-bond donors (Lipinski definition) is 1. The van der Waals surface area contributed by atoms with Crippen LogP contribution in [0, 0.1) is 20.8 Å². The predicted octanol–water partition coefficient (Wildman–Crippen LogP) is 3.45. The van der Waals surface area contributed by atoms with E-state index in [-0.39, 0.29) is 5.88 Å². The van der Waals surface area contributed by atoms with E-state index in [4.69, 9.17) is 4.74 Å². The summed E-state index contributed by atoms with van der Waals surface area (Å²) in [6, 6.07) is 2.12. The second-order valence-electron chi connectivity index (χ2n) is 4.05. The highest BCUT2D eigenvalue weighted by molar-refractivity contribution is 7.13. The van der Waals surface area contributed by atoms with Gasteiger partial charge in [0.15, 0.2) is 0 Å². The van der Waals surface area contributed by atoms with Crippen LogP contribution in [0.4, 0.5) is 0 Å². The zero-order valence-corrected chi connectivity index (χ0v) is 11.2. The molecule has 0 fully saturated rings. The predicted molar refractivity (Wildman–Crippen MR) is 70.0 cm³/mol. The Bertz CT molecular complexity index is 561. The van der Waals surface area contributed by atoms with E-state index in [1.165, 1.54) is 16.9 Å². The van der Waals surface area contributed by atoms with Crippen molar-refractivity contribution >= 4 is 11.3 Å².